The average Bonchev–Trinajstić information content (AvgIpc) is 2.92. The molecule has 0 aromatic heterocycles. The standard InChI is InChI=1S/C31H38N2O4/c1-3-5-9-21-12-14-22(15-13-21)31(34)36-23-16-17-25-28(19-23)37-30(33)26(20-32)29(25)24-10-7-8-11-27(24)35-18-6-4-2/h7-8,10-11,16-17,19,21-22,29H,3-6,9,12-15,18,33H2,1-2H3. The van der Waals surface area contributed by atoms with Gasteiger partial charge >= 0.3 is 5.97 Å². The van der Waals surface area contributed by atoms with E-state index in [2.05, 4.69) is 19.9 Å². The maximum absolute atomic E-state index is 12.9. The van der Waals surface area contributed by atoms with Gasteiger partial charge in [0, 0.05) is 17.2 Å². The molecule has 1 aliphatic carbocycles. The number of rotatable bonds is 10. The monoisotopic (exact) mass is 502 g/mol. The molecule has 0 amide bonds. The predicted octanol–water partition coefficient (Wildman–Crippen LogP) is 6.99. The van der Waals surface area contributed by atoms with Gasteiger partial charge in [-0.1, -0.05) is 63.8 Å². The summed E-state index contributed by atoms with van der Waals surface area (Å²) in [4.78, 5) is 12.9. The van der Waals surface area contributed by atoms with Crippen molar-refractivity contribution >= 4 is 5.97 Å². The van der Waals surface area contributed by atoms with Crippen LogP contribution in [0.5, 0.6) is 17.2 Å². The molecule has 0 radical (unpaired) electrons. The van der Waals surface area contributed by atoms with Crippen molar-refractivity contribution in [3.8, 4) is 23.3 Å². The van der Waals surface area contributed by atoms with Gasteiger partial charge in [-0.05, 0) is 50.2 Å². The number of nitriles is 1. The van der Waals surface area contributed by atoms with Crippen molar-refractivity contribution in [3.05, 3.63) is 65.0 Å². The normalized spacial score (nSPS) is 20.9. The quantitative estimate of drug-likeness (QED) is 0.214. The number of nitrogens with two attached hydrogens (primary N) is 1. The van der Waals surface area contributed by atoms with Crippen LogP contribution >= 0.6 is 0 Å². The fourth-order valence-corrected chi connectivity index (χ4v) is 5.37. The van der Waals surface area contributed by atoms with Crippen LogP contribution in [0.25, 0.3) is 0 Å². The predicted molar refractivity (Wildman–Crippen MR) is 143 cm³/mol. The molecule has 0 bridgehead atoms. The van der Waals surface area contributed by atoms with Crippen LogP contribution in [0.15, 0.2) is 53.9 Å². The minimum atomic E-state index is -0.435. The Morgan fingerprint density at radius 3 is 2.54 bits per heavy atom. The summed E-state index contributed by atoms with van der Waals surface area (Å²) in [6.07, 6.45) is 9.65. The lowest BCUT2D eigenvalue weighted by Crippen LogP contribution is -2.26. The smallest absolute Gasteiger partial charge is 0.314 e. The van der Waals surface area contributed by atoms with E-state index in [1.807, 2.05) is 30.3 Å². The second-order valence-corrected chi connectivity index (χ2v) is 10.1. The Bertz CT molecular complexity index is 1160. The molecular weight excluding hydrogens is 464 g/mol. The summed E-state index contributed by atoms with van der Waals surface area (Å²) in [5, 5.41) is 9.93. The molecular formula is C31H38N2O4. The molecule has 1 unspecified atom stereocenters. The lowest BCUT2D eigenvalue weighted by Gasteiger charge is -2.28. The number of unbranched alkanes of at least 4 members (excludes halogenated alkanes) is 2. The van der Waals surface area contributed by atoms with E-state index in [1.165, 1.54) is 19.3 Å². The highest BCUT2D eigenvalue weighted by Gasteiger charge is 2.33. The molecule has 0 spiro atoms. The van der Waals surface area contributed by atoms with Crippen LogP contribution < -0.4 is 19.9 Å². The molecule has 1 heterocycles. The third-order valence-corrected chi connectivity index (χ3v) is 7.54. The Balaban J connectivity index is 1.53. The molecule has 2 aromatic carbocycles. The molecule has 1 aliphatic heterocycles. The molecule has 4 rings (SSSR count). The van der Waals surface area contributed by atoms with Crippen LogP contribution in [0.4, 0.5) is 0 Å². The van der Waals surface area contributed by atoms with E-state index in [0.717, 1.165) is 61.3 Å². The number of carbonyl (C=O) groups is 1. The Kier molecular flexibility index (Phi) is 9.11. The zero-order chi connectivity index (χ0) is 26.2. The molecule has 1 saturated carbocycles. The first-order chi connectivity index (χ1) is 18.0. The molecule has 1 atom stereocenters. The van der Waals surface area contributed by atoms with Crippen molar-refractivity contribution in [2.24, 2.45) is 17.6 Å². The number of carbonyl (C=O) groups excluding carboxylic acids is 1. The second-order valence-electron chi connectivity index (χ2n) is 10.1. The fraction of sp³-hybridized carbons (Fsp3) is 0.484. The van der Waals surface area contributed by atoms with Gasteiger partial charge in [-0.2, -0.15) is 5.26 Å². The highest BCUT2D eigenvalue weighted by molar-refractivity contribution is 5.75. The summed E-state index contributed by atoms with van der Waals surface area (Å²) in [6, 6.07) is 15.3. The highest BCUT2D eigenvalue weighted by Crippen LogP contribution is 2.46. The van der Waals surface area contributed by atoms with Crippen LogP contribution in [0.3, 0.4) is 0 Å². The molecule has 37 heavy (non-hydrogen) atoms. The molecule has 2 aliphatic rings. The summed E-state index contributed by atoms with van der Waals surface area (Å²) < 4.78 is 17.7. The van der Waals surface area contributed by atoms with Crippen molar-refractivity contribution < 1.29 is 19.0 Å². The summed E-state index contributed by atoms with van der Waals surface area (Å²) in [7, 11) is 0. The van der Waals surface area contributed by atoms with Gasteiger partial charge in [-0.25, -0.2) is 0 Å². The zero-order valence-electron chi connectivity index (χ0n) is 22.0. The van der Waals surface area contributed by atoms with E-state index in [9.17, 15) is 10.1 Å². The first-order valence-corrected chi connectivity index (χ1v) is 13.7. The molecule has 196 valence electrons. The van der Waals surface area contributed by atoms with E-state index in [4.69, 9.17) is 19.9 Å². The van der Waals surface area contributed by atoms with Gasteiger partial charge < -0.3 is 19.9 Å². The van der Waals surface area contributed by atoms with Crippen LogP contribution in [0.1, 0.15) is 88.7 Å². The first kappa shape index (κ1) is 26.6. The molecule has 6 nitrogen and oxygen atoms in total. The molecule has 2 N–H and O–H groups in total. The maximum Gasteiger partial charge on any atom is 0.314 e. The van der Waals surface area contributed by atoms with Gasteiger partial charge in [-0.15, -0.1) is 0 Å². The lowest BCUT2D eigenvalue weighted by molar-refractivity contribution is -0.140. The van der Waals surface area contributed by atoms with Gasteiger partial charge in [0.1, 0.15) is 28.9 Å². The number of para-hydroxylation sites is 1. The number of hydrogen-bond donors (Lipinski definition) is 1. The number of fused-ring (bicyclic) bond motifs is 1. The first-order valence-electron chi connectivity index (χ1n) is 13.7. The third-order valence-electron chi connectivity index (χ3n) is 7.54. The van der Waals surface area contributed by atoms with Crippen molar-refractivity contribution in [1.29, 1.82) is 5.26 Å². The van der Waals surface area contributed by atoms with Crippen LogP contribution in [0, 0.1) is 23.2 Å². The van der Waals surface area contributed by atoms with E-state index >= 15 is 0 Å². The van der Waals surface area contributed by atoms with Gasteiger partial charge in [0.15, 0.2) is 0 Å². The second kappa shape index (κ2) is 12.7. The maximum atomic E-state index is 12.9. The minimum absolute atomic E-state index is 0.0530. The molecule has 6 heteroatoms. The Labute approximate surface area is 220 Å². The summed E-state index contributed by atoms with van der Waals surface area (Å²) in [5.41, 5.74) is 8.18. The van der Waals surface area contributed by atoms with Gasteiger partial charge in [0.2, 0.25) is 5.88 Å². The summed E-state index contributed by atoms with van der Waals surface area (Å²) >= 11 is 0. The Hall–Kier alpha value is -3.46. The van der Waals surface area contributed by atoms with E-state index in [-0.39, 0.29) is 17.8 Å². The SMILES string of the molecule is CCCCOc1ccccc1C1C(C#N)=C(N)Oc2cc(OC(=O)C3CCC(CCCC)CC3)ccc21. The number of benzene rings is 2. The van der Waals surface area contributed by atoms with E-state index < -0.39 is 5.92 Å². The summed E-state index contributed by atoms with van der Waals surface area (Å²) in [6.45, 7) is 4.93. The number of hydrogen-bond acceptors (Lipinski definition) is 6. The van der Waals surface area contributed by atoms with Crippen LogP contribution in [0.2, 0.25) is 0 Å². The third kappa shape index (κ3) is 6.28. The van der Waals surface area contributed by atoms with Crippen molar-refractivity contribution in [2.75, 3.05) is 6.61 Å². The summed E-state index contributed by atoms with van der Waals surface area (Å²) in [5.74, 6) is 1.74. The molecule has 0 saturated heterocycles. The van der Waals surface area contributed by atoms with E-state index in [0.29, 0.717) is 23.7 Å². The minimum Gasteiger partial charge on any atom is -0.493 e. The number of allylic oxidation sites excluding steroid dienone is 1. The van der Waals surface area contributed by atoms with Crippen LogP contribution in [-0.2, 0) is 4.79 Å². The van der Waals surface area contributed by atoms with Crippen molar-refractivity contribution in [3.63, 3.8) is 0 Å². The Morgan fingerprint density at radius 1 is 1.05 bits per heavy atom. The van der Waals surface area contributed by atoms with Gasteiger partial charge in [0.05, 0.1) is 18.4 Å². The Morgan fingerprint density at radius 2 is 1.81 bits per heavy atom. The van der Waals surface area contributed by atoms with Crippen LogP contribution in [-0.4, -0.2) is 12.6 Å². The molecule has 2 aromatic rings. The topological polar surface area (TPSA) is 94.6 Å². The van der Waals surface area contributed by atoms with Crippen molar-refractivity contribution in [1.82, 2.24) is 0 Å². The highest BCUT2D eigenvalue weighted by atomic mass is 16.5. The van der Waals surface area contributed by atoms with Gasteiger partial charge in [-0.3, -0.25) is 4.79 Å². The number of esters is 1. The lowest BCUT2D eigenvalue weighted by atomic mass is 9.80. The van der Waals surface area contributed by atoms with Gasteiger partial charge in [0.25, 0.3) is 0 Å². The number of ether oxygens (including phenoxy) is 3. The molecule has 1 fully saturated rings. The fourth-order valence-electron chi connectivity index (χ4n) is 5.37. The zero-order valence-corrected chi connectivity index (χ0v) is 22.0. The largest absolute Gasteiger partial charge is 0.493 e. The van der Waals surface area contributed by atoms with E-state index in [1.54, 1.807) is 12.1 Å². The average molecular weight is 503 g/mol. The van der Waals surface area contributed by atoms with Crippen molar-refractivity contribution in [2.45, 2.75) is 77.6 Å². The number of nitrogens with zero attached hydrogens (tertiary/aromatic N) is 1.